The third-order valence-electron chi connectivity index (χ3n) is 2.84. The van der Waals surface area contributed by atoms with Crippen molar-refractivity contribution in [3.63, 3.8) is 0 Å². The standard InChI is InChI=1S/C13H19N3O2/c1-16(2)11-6-3-5-10(9-11)14-13(17)15-12-7-4-8-18-12/h3,5-6,9,12H,4,7-8H2,1-2H3,(H2,14,15,17). The summed E-state index contributed by atoms with van der Waals surface area (Å²) in [7, 11) is 3.93. The Morgan fingerprint density at radius 1 is 1.44 bits per heavy atom. The van der Waals surface area contributed by atoms with Gasteiger partial charge in [0.2, 0.25) is 0 Å². The number of nitrogens with one attached hydrogen (secondary N) is 2. The van der Waals surface area contributed by atoms with Crippen LogP contribution >= 0.6 is 0 Å². The average molecular weight is 249 g/mol. The zero-order valence-electron chi connectivity index (χ0n) is 10.8. The molecule has 2 amide bonds. The Hall–Kier alpha value is -1.75. The fourth-order valence-electron chi connectivity index (χ4n) is 1.87. The fourth-order valence-corrected chi connectivity index (χ4v) is 1.87. The highest BCUT2D eigenvalue weighted by Gasteiger charge is 2.17. The van der Waals surface area contributed by atoms with Crippen LogP contribution in [0.3, 0.4) is 0 Å². The Morgan fingerprint density at radius 3 is 2.94 bits per heavy atom. The molecule has 2 N–H and O–H groups in total. The molecule has 0 spiro atoms. The van der Waals surface area contributed by atoms with Crippen LogP contribution in [0, 0.1) is 0 Å². The van der Waals surface area contributed by atoms with E-state index in [1.165, 1.54) is 0 Å². The zero-order chi connectivity index (χ0) is 13.0. The molecule has 1 fully saturated rings. The molecule has 1 unspecified atom stereocenters. The second-order valence-electron chi connectivity index (χ2n) is 4.54. The lowest BCUT2D eigenvalue weighted by molar-refractivity contribution is 0.0928. The van der Waals surface area contributed by atoms with Crippen molar-refractivity contribution in [2.45, 2.75) is 19.1 Å². The molecule has 1 aromatic carbocycles. The van der Waals surface area contributed by atoms with Crippen LogP contribution in [0.5, 0.6) is 0 Å². The summed E-state index contributed by atoms with van der Waals surface area (Å²) in [6, 6.07) is 7.47. The molecule has 5 nitrogen and oxygen atoms in total. The zero-order valence-corrected chi connectivity index (χ0v) is 10.8. The van der Waals surface area contributed by atoms with Gasteiger partial charge in [-0.25, -0.2) is 4.79 Å². The third-order valence-corrected chi connectivity index (χ3v) is 2.84. The molecule has 0 radical (unpaired) electrons. The first kappa shape index (κ1) is 12.7. The molecular formula is C13H19N3O2. The molecule has 98 valence electrons. The SMILES string of the molecule is CN(C)c1cccc(NC(=O)NC2CCCO2)c1. The van der Waals surface area contributed by atoms with Gasteiger partial charge in [-0.15, -0.1) is 0 Å². The molecule has 1 aliphatic rings. The molecule has 1 aliphatic heterocycles. The molecule has 0 aliphatic carbocycles. The number of amides is 2. The maximum atomic E-state index is 11.7. The molecule has 5 heteroatoms. The van der Waals surface area contributed by atoms with Gasteiger partial charge in [0, 0.05) is 32.1 Å². The van der Waals surface area contributed by atoms with Crippen LogP contribution in [0.25, 0.3) is 0 Å². The first-order valence-electron chi connectivity index (χ1n) is 6.11. The highest BCUT2D eigenvalue weighted by Crippen LogP contribution is 2.17. The maximum Gasteiger partial charge on any atom is 0.321 e. The first-order valence-corrected chi connectivity index (χ1v) is 6.11. The number of hydrogen-bond acceptors (Lipinski definition) is 3. The van der Waals surface area contributed by atoms with Crippen LogP contribution < -0.4 is 15.5 Å². The van der Waals surface area contributed by atoms with Crippen molar-refractivity contribution in [2.24, 2.45) is 0 Å². The molecular weight excluding hydrogens is 230 g/mol. The highest BCUT2D eigenvalue weighted by molar-refractivity contribution is 5.89. The number of nitrogens with zero attached hydrogens (tertiary/aromatic N) is 1. The molecule has 0 aromatic heterocycles. The Morgan fingerprint density at radius 2 is 2.28 bits per heavy atom. The van der Waals surface area contributed by atoms with Gasteiger partial charge in [-0.05, 0) is 31.0 Å². The number of benzene rings is 1. The average Bonchev–Trinajstić information content (AvgIpc) is 2.82. The van der Waals surface area contributed by atoms with Crippen LogP contribution in [-0.4, -0.2) is 33.0 Å². The summed E-state index contributed by atoms with van der Waals surface area (Å²) >= 11 is 0. The molecule has 1 aromatic rings. The minimum atomic E-state index is -0.224. The second-order valence-corrected chi connectivity index (χ2v) is 4.54. The quantitative estimate of drug-likeness (QED) is 0.861. The number of ether oxygens (including phenoxy) is 1. The number of carbonyl (C=O) groups is 1. The number of anilines is 2. The highest BCUT2D eigenvalue weighted by atomic mass is 16.5. The van der Waals surface area contributed by atoms with Crippen molar-refractivity contribution in [3.05, 3.63) is 24.3 Å². The van der Waals surface area contributed by atoms with Crippen molar-refractivity contribution in [3.8, 4) is 0 Å². The first-order chi connectivity index (χ1) is 8.65. The van der Waals surface area contributed by atoms with E-state index in [1.807, 2.05) is 43.3 Å². The van der Waals surface area contributed by atoms with Gasteiger partial charge in [-0.2, -0.15) is 0 Å². The molecule has 0 saturated carbocycles. The normalized spacial score (nSPS) is 18.4. The van der Waals surface area contributed by atoms with Gasteiger partial charge in [0.1, 0.15) is 6.23 Å². The van der Waals surface area contributed by atoms with E-state index >= 15 is 0 Å². The predicted octanol–water partition coefficient (Wildman–Crippen LogP) is 2.01. The summed E-state index contributed by atoms with van der Waals surface area (Å²) in [4.78, 5) is 13.7. The van der Waals surface area contributed by atoms with Crippen molar-refractivity contribution in [1.29, 1.82) is 0 Å². The van der Waals surface area contributed by atoms with E-state index in [0.717, 1.165) is 30.8 Å². The Bertz CT molecular complexity index is 414. The van der Waals surface area contributed by atoms with Crippen molar-refractivity contribution < 1.29 is 9.53 Å². The number of rotatable bonds is 3. The van der Waals surface area contributed by atoms with Gasteiger partial charge >= 0.3 is 6.03 Å². The molecule has 1 heterocycles. The van der Waals surface area contributed by atoms with Crippen molar-refractivity contribution in [2.75, 3.05) is 30.9 Å². The molecule has 1 saturated heterocycles. The van der Waals surface area contributed by atoms with Crippen molar-refractivity contribution >= 4 is 17.4 Å². The second kappa shape index (κ2) is 5.73. The smallest absolute Gasteiger partial charge is 0.321 e. The van der Waals surface area contributed by atoms with Gasteiger partial charge in [0.25, 0.3) is 0 Å². The minimum Gasteiger partial charge on any atom is -0.378 e. The van der Waals surface area contributed by atoms with Gasteiger partial charge in [-0.1, -0.05) is 6.07 Å². The van der Waals surface area contributed by atoms with E-state index < -0.39 is 0 Å². The lowest BCUT2D eigenvalue weighted by atomic mass is 10.2. The van der Waals surface area contributed by atoms with Crippen LogP contribution in [0.4, 0.5) is 16.2 Å². The van der Waals surface area contributed by atoms with E-state index in [9.17, 15) is 4.79 Å². The summed E-state index contributed by atoms with van der Waals surface area (Å²) in [6.45, 7) is 0.723. The summed E-state index contributed by atoms with van der Waals surface area (Å²) in [5.74, 6) is 0. The van der Waals surface area contributed by atoms with Gasteiger partial charge in [0.05, 0.1) is 0 Å². The molecule has 2 rings (SSSR count). The molecule has 0 bridgehead atoms. The minimum absolute atomic E-state index is 0.151. The Labute approximate surface area is 107 Å². The van der Waals surface area contributed by atoms with E-state index in [2.05, 4.69) is 10.6 Å². The lowest BCUT2D eigenvalue weighted by Gasteiger charge is -2.15. The molecule has 18 heavy (non-hydrogen) atoms. The largest absolute Gasteiger partial charge is 0.378 e. The number of carbonyl (C=O) groups excluding carboxylic acids is 1. The van der Waals surface area contributed by atoms with Crippen LogP contribution in [0.15, 0.2) is 24.3 Å². The Balaban J connectivity index is 1.91. The topological polar surface area (TPSA) is 53.6 Å². The summed E-state index contributed by atoms with van der Waals surface area (Å²) in [5.41, 5.74) is 1.82. The van der Waals surface area contributed by atoms with Gasteiger partial charge in [-0.3, -0.25) is 0 Å². The van der Waals surface area contributed by atoms with Gasteiger partial charge in [0.15, 0.2) is 0 Å². The number of hydrogen-bond donors (Lipinski definition) is 2. The maximum absolute atomic E-state index is 11.7. The summed E-state index contributed by atoms with van der Waals surface area (Å²) in [5, 5.41) is 5.60. The third kappa shape index (κ3) is 3.37. The van der Waals surface area contributed by atoms with E-state index in [4.69, 9.17) is 4.74 Å². The van der Waals surface area contributed by atoms with Crippen LogP contribution in [0.1, 0.15) is 12.8 Å². The van der Waals surface area contributed by atoms with E-state index in [0.29, 0.717) is 0 Å². The monoisotopic (exact) mass is 249 g/mol. The summed E-state index contributed by atoms with van der Waals surface area (Å²) in [6.07, 6.45) is 1.73. The lowest BCUT2D eigenvalue weighted by Crippen LogP contribution is -2.37. The predicted molar refractivity (Wildman–Crippen MR) is 71.9 cm³/mol. The van der Waals surface area contributed by atoms with E-state index in [-0.39, 0.29) is 12.3 Å². The number of urea groups is 1. The van der Waals surface area contributed by atoms with E-state index in [1.54, 1.807) is 0 Å². The molecule has 1 atom stereocenters. The Kier molecular flexibility index (Phi) is 4.04. The van der Waals surface area contributed by atoms with Crippen LogP contribution in [0.2, 0.25) is 0 Å². The van der Waals surface area contributed by atoms with Crippen LogP contribution in [-0.2, 0) is 4.74 Å². The summed E-state index contributed by atoms with van der Waals surface area (Å²) < 4.78 is 5.34. The fraction of sp³-hybridized carbons (Fsp3) is 0.462. The van der Waals surface area contributed by atoms with Crippen molar-refractivity contribution in [1.82, 2.24) is 5.32 Å². The van der Waals surface area contributed by atoms with Gasteiger partial charge < -0.3 is 20.3 Å².